The zero-order valence-electron chi connectivity index (χ0n) is 10.8. The third kappa shape index (κ3) is 2.45. The summed E-state index contributed by atoms with van der Waals surface area (Å²) < 4.78 is 0. The van der Waals surface area contributed by atoms with Crippen LogP contribution in [0, 0.1) is 5.92 Å². The van der Waals surface area contributed by atoms with Gasteiger partial charge in [-0.1, -0.05) is 29.8 Å². The van der Waals surface area contributed by atoms with Gasteiger partial charge < -0.3 is 10.0 Å². The molecule has 1 aliphatic heterocycles. The molecule has 0 spiro atoms. The van der Waals surface area contributed by atoms with Crippen molar-refractivity contribution < 1.29 is 14.7 Å². The molecule has 0 unspecified atom stereocenters. The van der Waals surface area contributed by atoms with Crippen molar-refractivity contribution >= 4 is 23.5 Å². The maximum absolute atomic E-state index is 12.0. The average Bonchev–Trinajstić information content (AvgIpc) is 2.67. The summed E-state index contributed by atoms with van der Waals surface area (Å²) in [4.78, 5) is 25.1. The van der Waals surface area contributed by atoms with E-state index in [1.54, 1.807) is 29.2 Å². The van der Waals surface area contributed by atoms with Gasteiger partial charge in [0.05, 0.1) is 12.0 Å². The molecule has 102 valence electrons. The van der Waals surface area contributed by atoms with Gasteiger partial charge in [0.25, 0.3) is 0 Å². The van der Waals surface area contributed by atoms with Gasteiger partial charge in [0.2, 0.25) is 5.91 Å². The lowest BCUT2D eigenvalue weighted by Gasteiger charge is -2.31. The van der Waals surface area contributed by atoms with Gasteiger partial charge in [-0.15, -0.1) is 0 Å². The average molecular weight is 282 g/mol. The first kappa shape index (κ1) is 13.9. The van der Waals surface area contributed by atoms with Crippen LogP contribution in [0.2, 0.25) is 5.02 Å². The molecule has 0 saturated carbocycles. The van der Waals surface area contributed by atoms with E-state index in [9.17, 15) is 14.7 Å². The highest BCUT2D eigenvalue weighted by Crippen LogP contribution is 2.41. The Labute approximate surface area is 117 Å². The molecule has 2 rings (SSSR count). The highest BCUT2D eigenvalue weighted by Gasteiger charge is 2.46. The fourth-order valence-electron chi connectivity index (χ4n) is 2.67. The van der Waals surface area contributed by atoms with Crippen LogP contribution in [0.5, 0.6) is 0 Å². The Hall–Kier alpha value is -1.55. The highest BCUT2D eigenvalue weighted by atomic mass is 35.5. The topological polar surface area (TPSA) is 57.6 Å². The number of hydrogen-bond acceptors (Lipinski definition) is 2. The number of carbonyl (C=O) groups excluding carboxylic acids is 1. The molecule has 1 heterocycles. The van der Waals surface area contributed by atoms with E-state index in [0.29, 0.717) is 10.6 Å². The monoisotopic (exact) mass is 281 g/mol. The van der Waals surface area contributed by atoms with Crippen molar-refractivity contribution in [2.45, 2.75) is 32.4 Å². The third-order valence-electron chi connectivity index (χ3n) is 3.46. The number of halogens is 1. The number of carbonyl (C=O) groups is 2. The molecule has 0 radical (unpaired) electrons. The summed E-state index contributed by atoms with van der Waals surface area (Å²) in [5.74, 6) is -1.83. The second kappa shape index (κ2) is 5.21. The molecule has 1 fully saturated rings. The summed E-state index contributed by atoms with van der Waals surface area (Å²) in [6, 6.07) is 6.56. The molecular formula is C14H16ClNO3. The number of likely N-dealkylation sites (tertiary alicyclic amines) is 1. The smallest absolute Gasteiger partial charge is 0.309 e. The molecule has 0 aliphatic carbocycles. The van der Waals surface area contributed by atoms with E-state index >= 15 is 0 Å². The largest absolute Gasteiger partial charge is 0.481 e. The second-order valence-electron chi connectivity index (χ2n) is 5.01. The second-order valence-corrected chi connectivity index (χ2v) is 5.42. The Morgan fingerprint density at radius 3 is 2.58 bits per heavy atom. The van der Waals surface area contributed by atoms with Gasteiger partial charge in [0.1, 0.15) is 0 Å². The van der Waals surface area contributed by atoms with Crippen molar-refractivity contribution in [2.24, 2.45) is 5.92 Å². The molecular weight excluding hydrogens is 266 g/mol. The number of benzene rings is 1. The predicted molar refractivity (Wildman–Crippen MR) is 71.9 cm³/mol. The molecule has 1 saturated heterocycles. The molecule has 4 nitrogen and oxygen atoms in total. The lowest BCUT2D eigenvalue weighted by molar-refractivity contribution is -0.142. The zero-order chi connectivity index (χ0) is 14.2. The van der Waals surface area contributed by atoms with E-state index < -0.39 is 17.9 Å². The summed E-state index contributed by atoms with van der Waals surface area (Å²) in [7, 11) is 0. The number of nitrogens with zero attached hydrogens (tertiary/aromatic N) is 1. The van der Waals surface area contributed by atoms with Crippen LogP contribution in [0.4, 0.5) is 0 Å². The van der Waals surface area contributed by atoms with Crippen molar-refractivity contribution in [3.8, 4) is 0 Å². The molecule has 1 aromatic rings. The fraction of sp³-hybridized carbons (Fsp3) is 0.429. The van der Waals surface area contributed by atoms with Crippen LogP contribution in [0.1, 0.15) is 31.9 Å². The van der Waals surface area contributed by atoms with Crippen LogP contribution >= 0.6 is 11.6 Å². The lowest BCUT2D eigenvalue weighted by atomic mass is 9.93. The van der Waals surface area contributed by atoms with Crippen LogP contribution < -0.4 is 0 Å². The number of amides is 1. The van der Waals surface area contributed by atoms with Crippen molar-refractivity contribution in [1.29, 1.82) is 0 Å². The molecule has 1 aliphatic rings. The first-order valence-corrected chi connectivity index (χ1v) is 6.59. The molecule has 0 aromatic heterocycles. The number of carboxylic acids is 1. The van der Waals surface area contributed by atoms with E-state index in [1.165, 1.54) is 0 Å². The lowest BCUT2D eigenvalue weighted by Crippen LogP contribution is -2.36. The Morgan fingerprint density at radius 1 is 1.42 bits per heavy atom. The predicted octanol–water partition coefficient (Wildman–Crippen LogP) is 2.72. The molecule has 2 atom stereocenters. The van der Waals surface area contributed by atoms with Gasteiger partial charge in [-0.2, -0.15) is 0 Å². The minimum atomic E-state index is -0.957. The maximum atomic E-state index is 12.0. The molecule has 1 amide bonds. The number of hydrogen-bond donors (Lipinski definition) is 1. The minimum absolute atomic E-state index is 0.0312. The standard InChI is InChI=1S/C14H16ClNO3/c1-8(2)16-12(17)7-10(14(18)19)13(16)9-5-3-4-6-11(9)15/h3-6,8,10,13H,7H2,1-2H3,(H,18,19)/t10-,13-/m0/s1. The van der Waals surface area contributed by atoms with Gasteiger partial charge in [-0.25, -0.2) is 0 Å². The van der Waals surface area contributed by atoms with Crippen molar-refractivity contribution in [3.63, 3.8) is 0 Å². The molecule has 0 bridgehead atoms. The summed E-state index contributed by atoms with van der Waals surface area (Å²) in [6.45, 7) is 3.76. The zero-order valence-corrected chi connectivity index (χ0v) is 11.6. The normalized spacial score (nSPS) is 23.2. The minimum Gasteiger partial charge on any atom is -0.481 e. The van der Waals surface area contributed by atoms with Crippen molar-refractivity contribution in [1.82, 2.24) is 4.90 Å². The first-order chi connectivity index (χ1) is 8.93. The van der Waals surface area contributed by atoms with Crippen LogP contribution in [0.25, 0.3) is 0 Å². The Balaban J connectivity index is 2.50. The van der Waals surface area contributed by atoms with E-state index in [2.05, 4.69) is 0 Å². The van der Waals surface area contributed by atoms with Gasteiger partial charge in [0, 0.05) is 17.5 Å². The first-order valence-electron chi connectivity index (χ1n) is 6.22. The maximum Gasteiger partial charge on any atom is 0.309 e. The van der Waals surface area contributed by atoms with Gasteiger partial charge in [-0.05, 0) is 25.5 Å². The van der Waals surface area contributed by atoms with Gasteiger partial charge in [-0.3, -0.25) is 9.59 Å². The van der Waals surface area contributed by atoms with Gasteiger partial charge in [0.15, 0.2) is 0 Å². The number of aliphatic carboxylic acids is 1. The summed E-state index contributed by atoms with van der Waals surface area (Å²) in [5.41, 5.74) is 0.705. The molecule has 19 heavy (non-hydrogen) atoms. The van der Waals surface area contributed by atoms with Crippen LogP contribution in [-0.2, 0) is 9.59 Å². The Morgan fingerprint density at radius 2 is 2.05 bits per heavy atom. The Kier molecular flexibility index (Phi) is 3.80. The SMILES string of the molecule is CC(C)N1C(=O)C[C@H](C(=O)O)[C@@H]1c1ccccc1Cl. The van der Waals surface area contributed by atoms with E-state index in [0.717, 1.165) is 0 Å². The third-order valence-corrected chi connectivity index (χ3v) is 3.80. The fourth-order valence-corrected chi connectivity index (χ4v) is 2.91. The summed E-state index contributed by atoms with van der Waals surface area (Å²) >= 11 is 6.16. The van der Waals surface area contributed by atoms with E-state index in [4.69, 9.17) is 11.6 Å². The Bertz CT molecular complexity index is 515. The molecule has 1 aromatic carbocycles. The summed E-state index contributed by atoms with van der Waals surface area (Å²) in [6.07, 6.45) is 0.0312. The number of carboxylic acid groups (broad SMARTS) is 1. The van der Waals surface area contributed by atoms with Crippen LogP contribution in [0.3, 0.4) is 0 Å². The van der Waals surface area contributed by atoms with Gasteiger partial charge >= 0.3 is 5.97 Å². The van der Waals surface area contributed by atoms with E-state index in [-0.39, 0.29) is 18.4 Å². The quantitative estimate of drug-likeness (QED) is 0.927. The van der Waals surface area contributed by atoms with Crippen molar-refractivity contribution in [3.05, 3.63) is 34.9 Å². The highest BCUT2D eigenvalue weighted by molar-refractivity contribution is 6.31. The van der Waals surface area contributed by atoms with Crippen molar-refractivity contribution in [2.75, 3.05) is 0 Å². The number of rotatable bonds is 3. The summed E-state index contributed by atoms with van der Waals surface area (Å²) in [5, 5.41) is 9.83. The molecule has 5 heteroatoms. The van der Waals surface area contributed by atoms with Crippen LogP contribution in [0.15, 0.2) is 24.3 Å². The molecule has 1 N–H and O–H groups in total. The van der Waals surface area contributed by atoms with Crippen LogP contribution in [-0.4, -0.2) is 27.9 Å². The van der Waals surface area contributed by atoms with E-state index in [1.807, 2.05) is 13.8 Å².